The Kier molecular flexibility index (Phi) is 10.9. The molecule has 2 aliphatic heterocycles. The van der Waals surface area contributed by atoms with Crippen molar-refractivity contribution >= 4 is 34.4 Å². The number of rotatable bonds is 11. The van der Waals surface area contributed by atoms with Crippen molar-refractivity contribution in [3.05, 3.63) is 126 Å². The van der Waals surface area contributed by atoms with Crippen molar-refractivity contribution in [3.8, 4) is 22.8 Å². The second-order valence-electron chi connectivity index (χ2n) is 15.5. The van der Waals surface area contributed by atoms with E-state index in [1.165, 1.54) is 12.1 Å². The second kappa shape index (κ2) is 16.4. The van der Waals surface area contributed by atoms with E-state index < -0.39 is 29.8 Å². The number of imidazole rings is 1. The van der Waals surface area contributed by atoms with Gasteiger partial charge in [0, 0.05) is 24.2 Å². The molecule has 2 N–H and O–H groups in total. The van der Waals surface area contributed by atoms with E-state index >= 15 is 4.39 Å². The van der Waals surface area contributed by atoms with Crippen LogP contribution < -0.4 is 5.32 Å². The number of carbonyl (C=O) groups is 3. The number of likely N-dealkylation sites (N-methyl/N-ethyl adjacent to an activating group) is 2. The van der Waals surface area contributed by atoms with E-state index in [4.69, 9.17) is 9.40 Å². The number of aromatic nitrogens is 3. The van der Waals surface area contributed by atoms with E-state index in [1.54, 1.807) is 17.2 Å². The number of hydrogen-bond donors (Lipinski definition) is 2. The van der Waals surface area contributed by atoms with Gasteiger partial charge in [-0.05, 0) is 101 Å². The van der Waals surface area contributed by atoms with Gasteiger partial charge in [-0.15, -0.1) is 0 Å². The number of amides is 3. The minimum absolute atomic E-state index is 0.00683. The van der Waals surface area contributed by atoms with Gasteiger partial charge in [0.25, 0.3) is 0 Å². The van der Waals surface area contributed by atoms with E-state index in [2.05, 4.69) is 15.3 Å². The molecule has 12 nitrogen and oxygen atoms in total. The number of aromatic amines is 1. The molecule has 4 aromatic carbocycles. The summed E-state index contributed by atoms with van der Waals surface area (Å²) >= 11 is 0. The first kappa shape index (κ1) is 38.7. The Balaban J connectivity index is 0.951. The number of nitrogens with one attached hydrogen (secondary N) is 2. The average molecular weight is 783 g/mol. The van der Waals surface area contributed by atoms with Crippen molar-refractivity contribution in [2.45, 2.75) is 49.9 Å². The standard InChI is InChI=1S/C45H47FN8O4/c1-51(2)39(28-13-7-5-8-14-28)44(56)53-23-11-17-36(53)41-48-34-22-19-30(26-35(34)49-41)38-27-47-43(58-38)31-20-21-33(32(46)25-31)50-42(55)37-18-12-24-54(37)45(57)40(52(3)4)29-15-9-6-10-16-29/h5-10,13-16,19-22,25-27,36-37,39-40H,11-12,17-18,23-24H2,1-4H3,(H,48,49)(H,50,55)/t36-,37?,39+,40+/m0/s1. The molecule has 2 aliphatic rings. The summed E-state index contributed by atoms with van der Waals surface area (Å²) in [5.41, 5.74) is 4.51. The maximum Gasteiger partial charge on any atom is 0.247 e. The topological polar surface area (TPSA) is 131 Å². The number of nitrogens with zero attached hydrogens (tertiary/aromatic N) is 6. The fraction of sp³-hybridized carbons (Fsp3) is 0.311. The normalized spacial score (nSPS) is 18.0. The molecule has 1 unspecified atom stereocenters. The Bertz CT molecular complexity index is 2430. The first-order valence-electron chi connectivity index (χ1n) is 19.7. The molecule has 4 atom stereocenters. The maximum absolute atomic E-state index is 15.6. The number of halogens is 1. The Hall–Kier alpha value is -6.18. The zero-order valence-corrected chi connectivity index (χ0v) is 33.1. The van der Waals surface area contributed by atoms with Gasteiger partial charge >= 0.3 is 0 Å². The third-order valence-electron chi connectivity index (χ3n) is 11.2. The summed E-state index contributed by atoms with van der Waals surface area (Å²) in [7, 11) is 7.53. The van der Waals surface area contributed by atoms with Gasteiger partial charge in [0.05, 0.1) is 29.0 Å². The number of fused-ring (bicyclic) bond motifs is 1. The van der Waals surface area contributed by atoms with Gasteiger partial charge < -0.3 is 24.5 Å². The Morgan fingerprint density at radius 1 is 0.793 bits per heavy atom. The van der Waals surface area contributed by atoms with Crippen molar-refractivity contribution < 1.29 is 23.2 Å². The van der Waals surface area contributed by atoms with Gasteiger partial charge in [-0.3, -0.25) is 24.2 Å². The molecule has 2 saturated heterocycles. The first-order valence-corrected chi connectivity index (χ1v) is 19.7. The molecule has 0 saturated carbocycles. The highest BCUT2D eigenvalue weighted by molar-refractivity contribution is 5.98. The minimum atomic E-state index is -0.718. The third kappa shape index (κ3) is 7.62. The average Bonchev–Trinajstić information content (AvgIpc) is 4.05. The van der Waals surface area contributed by atoms with Gasteiger partial charge in [0.15, 0.2) is 5.76 Å². The van der Waals surface area contributed by atoms with Crippen LogP contribution in [-0.2, 0) is 14.4 Å². The van der Waals surface area contributed by atoms with Crippen LogP contribution in [0, 0.1) is 5.82 Å². The quantitative estimate of drug-likeness (QED) is 0.141. The highest BCUT2D eigenvalue weighted by Gasteiger charge is 2.39. The molecular formula is C45H47FN8O4. The molecule has 0 aliphatic carbocycles. The number of hydrogen-bond acceptors (Lipinski definition) is 8. The summed E-state index contributed by atoms with van der Waals surface area (Å²) in [5.74, 6) is 0.236. The molecule has 298 valence electrons. The number of anilines is 1. The SMILES string of the molecule is CN(C)[C@@H](C(=O)N1CCCC1C(=O)Nc1ccc(-c2ncc(-c3ccc4nc([C@@H]5CCCN5C(=O)[C@@H](c5ccccc5)N(C)C)[nH]c4c3)o2)cc1F)c1ccccc1. The highest BCUT2D eigenvalue weighted by atomic mass is 19.1. The van der Waals surface area contributed by atoms with Crippen molar-refractivity contribution in [2.75, 3.05) is 46.6 Å². The van der Waals surface area contributed by atoms with Crippen LogP contribution in [0.1, 0.15) is 60.8 Å². The maximum atomic E-state index is 15.6. The predicted molar refractivity (Wildman–Crippen MR) is 220 cm³/mol. The van der Waals surface area contributed by atoms with Crippen molar-refractivity contribution in [2.24, 2.45) is 0 Å². The van der Waals surface area contributed by atoms with Gasteiger partial charge in [-0.2, -0.15) is 0 Å². The fourth-order valence-corrected chi connectivity index (χ4v) is 8.37. The van der Waals surface area contributed by atoms with Gasteiger partial charge in [0.2, 0.25) is 23.6 Å². The molecule has 0 bridgehead atoms. The first-order chi connectivity index (χ1) is 28.1. The minimum Gasteiger partial charge on any atom is -0.436 e. The molecule has 58 heavy (non-hydrogen) atoms. The number of H-pyrrole nitrogens is 1. The summed E-state index contributed by atoms with van der Waals surface area (Å²) in [4.78, 5) is 61.4. The summed E-state index contributed by atoms with van der Waals surface area (Å²) in [6.45, 7) is 1.10. The molecule has 3 amide bonds. The lowest BCUT2D eigenvalue weighted by Gasteiger charge is -2.31. The van der Waals surface area contributed by atoms with Crippen LogP contribution in [0.5, 0.6) is 0 Å². The Labute approximate surface area is 336 Å². The number of likely N-dealkylation sites (tertiary alicyclic amines) is 2. The van der Waals surface area contributed by atoms with Crippen LogP contribution in [0.4, 0.5) is 10.1 Å². The van der Waals surface area contributed by atoms with E-state index in [0.29, 0.717) is 37.3 Å². The number of benzene rings is 4. The van der Waals surface area contributed by atoms with Gasteiger partial charge in [0.1, 0.15) is 29.8 Å². The highest BCUT2D eigenvalue weighted by Crippen LogP contribution is 2.36. The third-order valence-corrected chi connectivity index (χ3v) is 11.2. The molecule has 6 aromatic rings. The molecule has 0 spiro atoms. The molecular weight excluding hydrogens is 736 g/mol. The van der Waals surface area contributed by atoms with E-state index in [1.807, 2.05) is 122 Å². The molecule has 8 rings (SSSR count). The predicted octanol–water partition coefficient (Wildman–Crippen LogP) is 7.22. The zero-order valence-electron chi connectivity index (χ0n) is 33.1. The summed E-state index contributed by atoms with van der Waals surface area (Å²) in [6, 6.07) is 27.6. The van der Waals surface area contributed by atoms with Crippen LogP contribution in [0.15, 0.2) is 108 Å². The van der Waals surface area contributed by atoms with E-state index in [-0.39, 0.29) is 29.4 Å². The number of carbonyl (C=O) groups excluding carboxylic acids is 3. The van der Waals surface area contributed by atoms with Crippen molar-refractivity contribution in [1.29, 1.82) is 0 Å². The summed E-state index contributed by atoms with van der Waals surface area (Å²) in [6.07, 6.45) is 4.44. The van der Waals surface area contributed by atoms with Crippen LogP contribution in [0.3, 0.4) is 0 Å². The monoisotopic (exact) mass is 782 g/mol. The smallest absolute Gasteiger partial charge is 0.247 e. The largest absolute Gasteiger partial charge is 0.436 e. The Morgan fingerprint density at radius 3 is 2.07 bits per heavy atom. The summed E-state index contributed by atoms with van der Waals surface area (Å²) in [5, 5.41) is 2.71. The molecule has 0 radical (unpaired) electrons. The molecule has 2 fully saturated rings. The molecule has 2 aromatic heterocycles. The van der Waals surface area contributed by atoms with Crippen LogP contribution >= 0.6 is 0 Å². The molecule has 4 heterocycles. The lowest BCUT2D eigenvalue weighted by atomic mass is 10.0. The lowest BCUT2D eigenvalue weighted by molar-refractivity contribution is -0.140. The Morgan fingerprint density at radius 2 is 1.41 bits per heavy atom. The second-order valence-corrected chi connectivity index (χ2v) is 15.5. The zero-order chi connectivity index (χ0) is 40.5. The van der Waals surface area contributed by atoms with Crippen LogP contribution in [0.2, 0.25) is 0 Å². The van der Waals surface area contributed by atoms with Crippen molar-refractivity contribution in [3.63, 3.8) is 0 Å². The van der Waals surface area contributed by atoms with Crippen LogP contribution in [0.25, 0.3) is 33.8 Å². The molecule has 13 heteroatoms. The van der Waals surface area contributed by atoms with E-state index in [9.17, 15) is 14.4 Å². The van der Waals surface area contributed by atoms with Crippen LogP contribution in [-0.4, -0.2) is 99.6 Å². The van der Waals surface area contributed by atoms with Gasteiger partial charge in [-0.25, -0.2) is 14.4 Å². The fourth-order valence-electron chi connectivity index (χ4n) is 8.37. The van der Waals surface area contributed by atoms with Gasteiger partial charge in [-0.1, -0.05) is 60.7 Å². The van der Waals surface area contributed by atoms with Crippen molar-refractivity contribution in [1.82, 2.24) is 34.6 Å². The number of oxazole rings is 1. The summed E-state index contributed by atoms with van der Waals surface area (Å²) < 4.78 is 21.7. The lowest BCUT2D eigenvalue weighted by Crippen LogP contribution is -2.47. The van der Waals surface area contributed by atoms with E-state index in [0.717, 1.165) is 46.4 Å².